The van der Waals surface area contributed by atoms with Crippen molar-refractivity contribution in [2.75, 3.05) is 34.5 Å². The molecule has 1 heterocycles. The number of methoxy groups -OCH3 is 3. The van der Waals surface area contributed by atoms with Crippen molar-refractivity contribution >= 4 is 14.4 Å². The Morgan fingerprint density at radius 2 is 1.50 bits per heavy atom. The summed E-state index contributed by atoms with van der Waals surface area (Å²) in [6.45, 7) is 33.9. The molecule has 50 heavy (non-hydrogen) atoms. The van der Waals surface area contributed by atoms with Gasteiger partial charge in [-0.3, -0.25) is 4.90 Å². The zero-order chi connectivity index (χ0) is 38.5. The molecular formula is C36H51CrNO11Si. The Hall–Kier alpha value is -3.04. The largest absolute Gasteiger partial charge is 0 e. The zero-order valence-electron chi connectivity index (χ0n) is 31.3. The van der Waals surface area contributed by atoms with E-state index >= 15 is 0 Å². The van der Waals surface area contributed by atoms with Crippen molar-refractivity contribution in [2.24, 2.45) is 0 Å². The third kappa shape index (κ3) is 12.3. The van der Waals surface area contributed by atoms with Crippen LogP contribution in [-0.4, -0.2) is 70.3 Å². The molecule has 14 heteroatoms. The van der Waals surface area contributed by atoms with Crippen molar-refractivity contribution in [1.82, 2.24) is 4.90 Å². The standard InChI is InChI=1S/C33H51NO8Si.3CO.Cr/c1-31(2,3)42-30(36)34-25(19-40-33(34,7)8)21-14-15-27(38-10)24(16-21)29-23(17-22(37-9)18-28(29)39-11)26(35)20-41-43(12,13)32(4,5)6;3*1-2;/h14-18,25-26,35H,19-20H2,1-13H3;;;;/t25-,26-;;;;/m0..../s1. The van der Waals surface area contributed by atoms with E-state index in [1.807, 2.05) is 52.8 Å². The molecule has 1 aliphatic rings. The summed E-state index contributed by atoms with van der Waals surface area (Å²) in [6.07, 6.45) is -1.44. The van der Waals surface area contributed by atoms with Crippen molar-refractivity contribution < 1.29 is 69.3 Å². The van der Waals surface area contributed by atoms with E-state index in [0.29, 0.717) is 33.9 Å². The fourth-order valence-electron chi connectivity index (χ4n) is 4.87. The summed E-state index contributed by atoms with van der Waals surface area (Å²) in [4.78, 5) is 15.0. The maximum Gasteiger partial charge on any atom is 0 e. The van der Waals surface area contributed by atoms with Gasteiger partial charge in [-0.15, -0.1) is 0 Å². The van der Waals surface area contributed by atoms with E-state index in [-0.39, 0.29) is 35.6 Å². The van der Waals surface area contributed by atoms with E-state index in [2.05, 4.69) is 53.8 Å². The molecule has 3 rings (SSSR count). The number of ether oxygens (including phenoxy) is 5. The monoisotopic (exact) mass is 753 g/mol. The maximum atomic E-state index is 13.4. The SMILES string of the molecule is COc1cc(OC)c(-c2cc([C@@H]3COC(C)(C)N3C(=O)OC(C)(C)C)ccc2OC)c([C@@H](O)CO[Si](C)(C)C(C)(C)C)c1.[C-]#[O+].[C-]#[O+].[C-]#[O+].[Cr]. The van der Waals surface area contributed by atoms with E-state index in [1.165, 1.54) is 0 Å². The second-order valence-corrected chi connectivity index (χ2v) is 18.8. The topological polar surface area (TPSA) is 156 Å². The first kappa shape index (κ1) is 49.1. The van der Waals surface area contributed by atoms with E-state index < -0.39 is 37.9 Å². The molecule has 1 N–H and O–H groups in total. The van der Waals surface area contributed by atoms with Crippen LogP contribution in [0.15, 0.2) is 30.3 Å². The van der Waals surface area contributed by atoms with Crippen LogP contribution in [0.25, 0.3) is 11.1 Å². The van der Waals surface area contributed by atoms with Gasteiger partial charge in [-0.1, -0.05) is 26.8 Å². The summed E-state index contributed by atoms with van der Waals surface area (Å²) >= 11 is 0. The second kappa shape index (κ2) is 20.7. The van der Waals surface area contributed by atoms with Crippen molar-refractivity contribution in [1.29, 1.82) is 0 Å². The molecule has 1 amide bonds. The Labute approximate surface area is 309 Å². The van der Waals surface area contributed by atoms with Crippen molar-refractivity contribution in [2.45, 2.75) is 97.0 Å². The number of nitrogens with zero attached hydrogens (tertiary/aromatic N) is 1. The van der Waals surface area contributed by atoms with Gasteiger partial charge in [0.2, 0.25) is 0 Å². The first-order valence-corrected chi connectivity index (χ1v) is 18.2. The Bertz CT molecular complexity index is 1430. The Kier molecular flexibility index (Phi) is 20.3. The summed E-state index contributed by atoms with van der Waals surface area (Å²) in [7, 11) is 2.60. The molecule has 0 spiro atoms. The molecule has 1 saturated heterocycles. The van der Waals surface area contributed by atoms with Crippen LogP contribution in [0.4, 0.5) is 4.79 Å². The summed E-state index contributed by atoms with van der Waals surface area (Å²) in [5, 5.41) is 11.6. The van der Waals surface area contributed by atoms with Crippen molar-refractivity contribution in [3.8, 4) is 28.4 Å². The number of rotatable bonds is 9. The third-order valence-electron chi connectivity index (χ3n) is 8.28. The molecule has 0 radical (unpaired) electrons. The number of benzene rings is 2. The number of hydrogen-bond acceptors (Lipinski definition) is 8. The Balaban J connectivity index is 0. The van der Waals surface area contributed by atoms with Crippen LogP contribution in [0.5, 0.6) is 17.2 Å². The van der Waals surface area contributed by atoms with Crippen LogP contribution < -0.4 is 14.2 Å². The summed E-state index contributed by atoms with van der Waals surface area (Å²) in [6, 6.07) is 8.89. The molecule has 0 bridgehead atoms. The van der Waals surface area contributed by atoms with Gasteiger partial charge in [0.1, 0.15) is 34.7 Å². The van der Waals surface area contributed by atoms with Gasteiger partial charge in [-0.05, 0) is 82.1 Å². The summed E-state index contributed by atoms with van der Waals surface area (Å²) in [5.41, 5.74) is 1.19. The van der Waals surface area contributed by atoms with Gasteiger partial charge >= 0.3 is 40.0 Å². The molecular weight excluding hydrogens is 702 g/mol. The first-order valence-electron chi connectivity index (χ1n) is 15.3. The molecule has 0 unspecified atom stereocenters. The van der Waals surface area contributed by atoms with Crippen LogP contribution in [0.1, 0.15) is 78.7 Å². The van der Waals surface area contributed by atoms with Crippen LogP contribution in [-0.2, 0) is 45.2 Å². The van der Waals surface area contributed by atoms with Gasteiger partial charge in [0.05, 0.1) is 40.6 Å². The zero-order valence-corrected chi connectivity index (χ0v) is 33.6. The van der Waals surface area contributed by atoms with Gasteiger partial charge in [-0.25, -0.2) is 4.79 Å². The van der Waals surface area contributed by atoms with E-state index in [9.17, 15) is 9.90 Å². The van der Waals surface area contributed by atoms with Crippen LogP contribution in [0, 0.1) is 20.0 Å². The maximum absolute atomic E-state index is 13.4. The molecule has 0 aromatic heterocycles. The van der Waals surface area contributed by atoms with Crippen LogP contribution in [0.3, 0.4) is 0 Å². The molecule has 12 nitrogen and oxygen atoms in total. The molecule has 1 aliphatic heterocycles. The predicted molar refractivity (Wildman–Crippen MR) is 182 cm³/mol. The third-order valence-corrected chi connectivity index (χ3v) is 12.8. The number of carbonyl (C=O) groups is 1. The van der Waals surface area contributed by atoms with E-state index in [1.54, 1.807) is 38.4 Å². The quantitative estimate of drug-likeness (QED) is 0.158. The van der Waals surface area contributed by atoms with Crippen LogP contribution in [0.2, 0.25) is 18.1 Å². The number of aliphatic hydroxyl groups excluding tert-OH is 1. The average molecular weight is 754 g/mol. The Morgan fingerprint density at radius 1 is 0.960 bits per heavy atom. The van der Waals surface area contributed by atoms with Gasteiger partial charge < -0.3 is 33.2 Å². The molecule has 1 fully saturated rings. The fourth-order valence-corrected chi connectivity index (χ4v) is 5.88. The molecule has 2 aromatic rings. The molecule has 276 valence electrons. The molecule has 0 aliphatic carbocycles. The molecule has 0 saturated carbocycles. The minimum Gasteiger partial charge on any atom is 0 e. The van der Waals surface area contributed by atoms with E-state index in [4.69, 9.17) is 42.1 Å². The molecule has 2 atom stereocenters. The first-order chi connectivity index (χ1) is 22.8. The smallest absolute Gasteiger partial charge is 0 e. The average Bonchev–Trinajstić information content (AvgIpc) is 3.38. The normalized spacial score (nSPS) is 15.5. The van der Waals surface area contributed by atoms with Crippen LogP contribution >= 0.6 is 0 Å². The van der Waals surface area contributed by atoms with Gasteiger partial charge in [0.25, 0.3) is 0 Å². The van der Waals surface area contributed by atoms with Crippen molar-refractivity contribution in [3.05, 3.63) is 61.4 Å². The number of hydrogen-bond donors (Lipinski definition) is 1. The number of amides is 1. The van der Waals surface area contributed by atoms with Gasteiger partial charge in [0.15, 0.2) is 8.32 Å². The van der Waals surface area contributed by atoms with Gasteiger partial charge in [-0.2, -0.15) is 0 Å². The fraction of sp³-hybridized carbons (Fsp3) is 0.556. The number of carbonyl (C=O) groups excluding carboxylic acids is 1. The summed E-state index contributed by atoms with van der Waals surface area (Å²) < 4.78 is 58.0. The molecule has 2 aromatic carbocycles. The predicted octanol–water partition coefficient (Wildman–Crippen LogP) is 7.36. The Morgan fingerprint density at radius 3 is 1.96 bits per heavy atom. The second-order valence-electron chi connectivity index (χ2n) is 14.0. The number of aliphatic hydroxyl groups is 1. The minimum absolute atomic E-state index is 0. The van der Waals surface area contributed by atoms with Gasteiger partial charge in [0, 0.05) is 34.6 Å². The van der Waals surface area contributed by atoms with E-state index in [0.717, 1.165) is 5.56 Å². The van der Waals surface area contributed by atoms with Crippen molar-refractivity contribution in [3.63, 3.8) is 0 Å². The summed E-state index contributed by atoms with van der Waals surface area (Å²) in [5.74, 6) is 1.62. The minimum atomic E-state index is -2.15.